The van der Waals surface area contributed by atoms with E-state index in [4.69, 9.17) is 14.8 Å². The molecule has 2 aromatic heterocycles. The molecule has 31 heavy (non-hydrogen) atoms. The average Bonchev–Trinajstić information content (AvgIpc) is 3.40. The normalized spacial score (nSPS) is 18.1. The number of aryl methyl sites for hydroxylation is 2. The molecule has 2 unspecified atom stereocenters. The summed E-state index contributed by atoms with van der Waals surface area (Å²) in [5, 5.41) is 4.79. The standard InChI is InChI=1S/C24H24FN5O/c1-15-10-11-30-24(22(15)17-4-7-19(25)8-5-17)27-23(28-30)18-6-9-20(21(12-18)31-3)29-13-16(2)26-14-29/h4-9,12-15,22H,10-11H2,1-3H3. The number of hydrogen-bond acceptors (Lipinski definition) is 4. The lowest BCUT2D eigenvalue weighted by Gasteiger charge is -2.28. The first-order chi connectivity index (χ1) is 15.0. The van der Waals surface area contributed by atoms with E-state index >= 15 is 0 Å². The third-order valence-electron chi connectivity index (χ3n) is 6.00. The van der Waals surface area contributed by atoms with Crippen molar-refractivity contribution < 1.29 is 9.13 Å². The van der Waals surface area contributed by atoms with Crippen LogP contribution in [0.5, 0.6) is 5.75 Å². The van der Waals surface area contributed by atoms with E-state index < -0.39 is 0 Å². The Kier molecular flexibility index (Phi) is 4.81. The van der Waals surface area contributed by atoms with Crippen LogP contribution in [-0.2, 0) is 6.54 Å². The molecule has 0 saturated heterocycles. The van der Waals surface area contributed by atoms with Crippen molar-refractivity contribution in [2.24, 2.45) is 5.92 Å². The molecular formula is C24H24FN5O. The van der Waals surface area contributed by atoms with Crippen LogP contribution < -0.4 is 4.74 Å². The largest absolute Gasteiger partial charge is 0.495 e. The van der Waals surface area contributed by atoms with Gasteiger partial charge in [-0.3, -0.25) is 0 Å². The molecule has 2 aromatic carbocycles. The quantitative estimate of drug-likeness (QED) is 0.480. The van der Waals surface area contributed by atoms with Gasteiger partial charge in [0.25, 0.3) is 0 Å². The fraction of sp³-hybridized carbons (Fsp3) is 0.292. The van der Waals surface area contributed by atoms with Crippen LogP contribution in [0.25, 0.3) is 17.1 Å². The van der Waals surface area contributed by atoms with Gasteiger partial charge in [-0.25, -0.2) is 19.0 Å². The molecule has 6 nitrogen and oxygen atoms in total. The van der Waals surface area contributed by atoms with Crippen molar-refractivity contribution in [3.63, 3.8) is 0 Å². The number of nitrogens with zero attached hydrogens (tertiary/aromatic N) is 5. The molecule has 1 aliphatic rings. The lowest BCUT2D eigenvalue weighted by molar-refractivity contribution is 0.347. The summed E-state index contributed by atoms with van der Waals surface area (Å²) in [6.45, 7) is 5.00. The molecule has 1 aliphatic heterocycles. The molecule has 3 heterocycles. The minimum atomic E-state index is -0.227. The van der Waals surface area contributed by atoms with Gasteiger partial charge in [0.05, 0.1) is 24.8 Å². The molecule has 4 aromatic rings. The first-order valence-electron chi connectivity index (χ1n) is 10.4. The molecule has 158 valence electrons. The SMILES string of the molecule is COc1cc(-c2nc3n(n2)CCC(C)C3c2ccc(F)cc2)ccc1-n1cnc(C)c1. The van der Waals surface area contributed by atoms with Crippen LogP contribution in [0.2, 0.25) is 0 Å². The monoisotopic (exact) mass is 417 g/mol. The molecule has 0 bridgehead atoms. The second-order valence-electron chi connectivity index (χ2n) is 8.12. The second kappa shape index (κ2) is 7.65. The molecule has 0 aliphatic carbocycles. The predicted molar refractivity (Wildman–Crippen MR) is 116 cm³/mol. The van der Waals surface area contributed by atoms with Gasteiger partial charge in [-0.2, -0.15) is 5.10 Å². The fourth-order valence-corrected chi connectivity index (χ4v) is 4.35. The Morgan fingerprint density at radius 3 is 2.65 bits per heavy atom. The number of fused-ring (bicyclic) bond motifs is 1. The van der Waals surface area contributed by atoms with Crippen LogP contribution in [0.3, 0.4) is 0 Å². The number of benzene rings is 2. The maximum Gasteiger partial charge on any atom is 0.181 e. The van der Waals surface area contributed by atoms with Gasteiger partial charge in [0.1, 0.15) is 17.4 Å². The van der Waals surface area contributed by atoms with Crippen LogP contribution in [0.4, 0.5) is 4.39 Å². The zero-order valence-corrected chi connectivity index (χ0v) is 17.8. The van der Waals surface area contributed by atoms with Crippen molar-refractivity contribution in [3.05, 3.63) is 77.9 Å². The third kappa shape index (κ3) is 3.50. The Balaban J connectivity index is 1.54. The zero-order chi connectivity index (χ0) is 21.5. The Hall–Kier alpha value is -3.48. The number of halogens is 1. The molecule has 2 atom stereocenters. The van der Waals surface area contributed by atoms with Crippen molar-refractivity contribution in [1.29, 1.82) is 0 Å². The number of rotatable bonds is 4. The van der Waals surface area contributed by atoms with E-state index in [1.807, 2.05) is 52.7 Å². The average molecular weight is 417 g/mol. The van der Waals surface area contributed by atoms with Crippen LogP contribution in [0.1, 0.15) is 36.3 Å². The topological polar surface area (TPSA) is 57.8 Å². The van der Waals surface area contributed by atoms with Gasteiger partial charge in [0, 0.05) is 24.2 Å². The highest BCUT2D eigenvalue weighted by atomic mass is 19.1. The highest BCUT2D eigenvalue weighted by molar-refractivity contribution is 5.63. The van der Waals surface area contributed by atoms with E-state index in [-0.39, 0.29) is 11.7 Å². The number of imidazole rings is 1. The summed E-state index contributed by atoms with van der Waals surface area (Å²) >= 11 is 0. The van der Waals surface area contributed by atoms with Crippen molar-refractivity contribution in [3.8, 4) is 22.8 Å². The van der Waals surface area contributed by atoms with E-state index in [0.717, 1.165) is 47.0 Å². The van der Waals surface area contributed by atoms with Gasteiger partial charge in [-0.15, -0.1) is 0 Å². The van der Waals surface area contributed by atoms with Crippen molar-refractivity contribution in [2.45, 2.75) is 32.7 Å². The van der Waals surface area contributed by atoms with E-state index in [9.17, 15) is 4.39 Å². The van der Waals surface area contributed by atoms with Gasteiger partial charge in [0.15, 0.2) is 5.82 Å². The van der Waals surface area contributed by atoms with Gasteiger partial charge < -0.3 is 9.30 Å². The Morgan fingerprint density at radius 2 is 1.94 bits per heavy atom. The first-order valence-corrected chi connectivity index (χ1v) is 10.4. The molecule has 5 rings (SSSR count). The summed E-state index contributed by atoms with van der Waals surface area (Å²) in [4.78, 5) is 9.22. The first kappa shape index (κ1) is 19.5. The zero-order valence-electron chi connectivity index (χ0n) is 17.8. The maximum absolute atomic E-state index is 13.4. The third-order valence-corrected chi connectivity index (χ3v) is 6.00. The molecule has 0 amide bonds. The van der Waals surface area contributed by atoms with E-state index in [1.165, 1.54) is 12.1 Å². The molecule has 0 radical (unpaired) electrons. The fourth-order valence-electron chi connectivity index (χ4n) is 4.35. The summed E-state index contributed by atoms with van der Waals surface area (Å²) in [6, 6.07) is 12.7. The highest BCUT2D eigenvalue weighted by Crippen LogP contribution is 2.38. The van der Waals surface area contributed by atoms with Crippen LogP contribution in [0.15, 0.2) is 55.0 Å². The highest BCUT2D eigenvalue weighted by Gasteiger charge is 2.31. The van der Waals surface area contributed by atoms with Crippen molar-refractivity contribution in [2.75, 3.05) is 7.11 Å². The molecular weight excluding hydrogens is 393 g/mol. The minimum absolute atomic E-state index is 0.0886. The summed E-state index contributed by atoms with van der Waals surface area (Å²) in [5.74, 6) is 2.58. The van der Waals surface area contributed by atoms with Crippen LogP contribution >= 0.6 is 0 Å². The molecule has 7 heteroatoms. The van der Waals surface area contributed by atoms with E-state index in [1.54, 1.807) is 13.4 Å². The van der Waals surface area contributed by atoms with Crippen LogP contribution in [0, 0.1) is 18.7 Å². The van der Waals surface area contributed by atoms with Gasteiger partial charge >= 0.3 is 0 Å². The Morgan fingerprint density at radius 1 is 1.13 bits per heavy atom. The maximum atomic E-state index is 13.4. The summed E-state index contributed by atoms with van der Waals surface area (Å²) < 4.78 is 23.0. The van der Waals surface area contributed by atoms with E-state index in [0.29, 0.717) is 11.7 Å². The van der Waals surface area contributed by atoms with E-state index in [2.05, 4.69) is 11.9 Å². The number of methoxy groups -OCH3 is 1. The van der Waals surface area contributed by atoms with Gasteiger partial charge in [-0.05, 0) is 55.2 Å². The summed E-state index contributed by atoms with van der Waals surface area (Å²) in [6.07, 6.45) is 4.73. The number of ether oxygens (including phenoxy) is 1. The van der Waals surface area contributed by atoms with Gasteiger partial charge in [0.2, 0.25) is 0 Å². The molecule has 0 N–H and O–H groups in total. The molecule has 0 saturated carbocycles. The predicted octanol–water partition coefficient (Wildman–Crippen LogP) is 4.76. The summed E-state index contributed by atoms with van der Waals surface area (Å²) in [5.41, 5.74) is 3.81. The lowest BCUT2D eigenvalue weighted by atomic mass is 9.82. The lowest BCUT2D eigenvalue weighted by Crippen LogP contribution is -2.24. The number of hydrogen-bond donors (Lipinski definition) is 0. The van der Waals surface area contributed by atoms with Crippen molar-refractivity contribution >= 4 is 0 Å². The summed E-state index contributed by atoms with van der Waals surface area (Å²) in [7, 11) is 1.66. The van der Waals surface area contributed by atoms with Crippen LogP contribution in [-0.4, -0.2) is 31.4 Å². The smallest absolute Gasteiger partial charge is 0.181 e. The van der Waals surface area contributed by atoms with Crippen molar-refractivity contribution in [1.82, 2.24) is 24.3 Å². The molecule has 0 spiro atoms. The minimum Gasteiger partial charge on any atom is -0.495 e. The molecule has 0 fully saturated rings. The second-order valence-corrected chi connectivity index (χ2v) is 8.12. The number of aromatic nitrogens is 5. The Bertz CT molecular complexity index is 1230. The van der Waals surface area contributed by atoms with Gasteiger partial charge in [-0.1, -0.05) is 19.1 Å². The Labute approximate surface area is 180 Å².